The van der Waals surface area contributed by atoms with Gasteiger partial charge in [0.15, 0.2) is 0 Å². The number of hydrogen-bond donors (Lipinski definition) is 2. The van der Waals surface area contributed by atoms with Gasteiger partial charge in [-0.25, -0.2) is 0 Å². The fourth-order valence-electron chi connectivity index (χ4n) is 1.99. The van der Waals surface area contributed by atoms with Crippen molar-refractivity contribution in [3.05, 3.63) is 18.0 Å². The first kappa shape index (κ1) is 9.68. The third kappa shape index (κ3) is 1.44. The van der Waals surface area contributed by atoms with Crippen molar-refractivity contribution in [1.29, 1.82) is 0 Å². The lowest BCUT2D eigenvalue weighted by atomic mass is 9.98. The van der Waals surface area contributed by atoms with Gasteiger partial charge in [0.05, 0.1) is 5.69 Å². The molecule has 0 amide bonds. The van der Waals surface area contributed by atoms with Crippen LogP contribution in [0.25, 0.3) is 0 Å². The van der Waals surface area contributed by atoms with Crippen LogP contribution in [0.3, 0.4) is 0 Å². The number of β-amino-alcohol motifs (C(OH)–C–C–N with tert-alkyl or cyclic N) is 1. The lowest BCUT2D eigenvalue weighted by Gasteiger charge is -2.24. The predicted molar refractivity (Wildman–Crippen MR) is 54.0 cm³/mol. The Kier molecular flexibility index (Phi) is 2.33. The van der Waals surface area contributed by atoms with Crippen LogP contribution < -0.4 is 5.32 Å². The molecule has 0 spiro atoms. The molecule has 4 heteroatoms. The van der Waals surface area contributed by atoms with Crippen LogP contribution in [0, 0.1) is 0 Å². The van der Waals surface area contributed by atoms with Gasteiger partial charge in [-0.05, 0) is 32.9 Å². The summed E-state index contributed by atoms with van der Waals surface area (Å²) in [7, 11) is 0. The van der Waals surface area contributed by atoms with E-state index in [0.717, 1.165) is 18.7 Å². The molecule has 0 radical (unpaired) electrons. The van der Waals surface area contributed by atoms with Crippen LogP contribution in [0.4, 0.5) is 0 Å². The molecular weight excluding hydrogens is 178 g/mol. The van der Waals surface area contributed by atoms with E-state index < -0.39 is 5.60 Å². The highest BCUT2D eigenvalue weighted by molar-refractivity contribution is 5.15. The lowest BCUT2D eigenvalue weighted by molar-refractivity contribution is 0.0477. The molecule has 4 nitrogen and oxygen atoms in total. The SMILES string of the molecule is CC(C)n1nccc1C1(O)CCNC1. The molecule has 0 saturated carbocycles. The normalized spacial score (nSPS) is 27.4. The van der Waals surface area contributed by atoms with E-state index in [1.165, 1.54) is 0 Å². The first-order chi connectivity index (χ1) is 6.63. The maximum Gasteiger partial charge on any atom is 0.120 e. The molecule has 2 N–H and O–H groups in total. The Bertz CT molecular complexity index is 313. The zero-order chi connectivity index (χ0) is 10.2. The Morgan fingerprint density at radius 2 is 2.43 bits per heavy atom. The second kappa shape index (κ2) is 3.37. The summed E-state index contributed by atoms with van der Waals surface area (Å²) >= 11 is 0. The number of aliphatic hydroxyl groups is 1. The number of nitrogens with one attached hydrogen (secondary N) is 1. The van der Waals surface area contributed by atoms with Crippen molar-refractivity contribution in [1.82, 2.24) is 15.1 Å². The maximum atomic E-state index is 10.4. The van der Waals surface area contributed by atoms with E-state index in [1.54, 1.807) is 6.20 Å². The van der Waals surface area contributed by atoms with Crippen molar-refractivity contribution in [3.8, 4) is 0 Å². The summed E-state index contributed by atoms with van der Waals surface area (Å²) in [4.78, 5) is 0. The quantitative estimate of drug-likeness (QED) is 0.728. The molecule has 2 heterocycles. The van der Waals surface area contributed by atoms with Crippen molar-refractivity contribution in [2.45, 2.75) is 31.9 Å². The summed E-state index contributed by atoms with van der Waals surface area (Å²) in [6.07, 6.45) is 2.52. The Hall–Kier alpha value is -0.870. The Morgan fingerprint density at radius 3 is 3.00 bits per heavy atom. The fourth-order valence-corrected chi connectivity index (χ4v) is 1.99. The van der Waals surface area contributed by atoms with Crippen LogP contribution in [0.15, 0.2) is 12.3 Å². The highest BCUT2D eigenvalue weighted by atomic mass is 16.3. The van der Waals surface area contributed by atoms with Gasteiger partial charge in [0.2, 0.25) is 0 Å². The summed E-state index contributed by atoms with van der Waals surface area (Å²) in [6, 6.07) is 2.21. The minimum absolute atomic E-state index is 0.296. The van der Waals surface area contributed by atoms with E-state index >= 15 is 0 Å². The van der Waals surface area contributed by atoms with E-state index in [-0.39, 0.29) is 0 Å². The first-order valence-electron chi connectivity index (χ1n) is 5.10. The number of hydrogen-bond acceptors (Lipinski definition) is 3. The van der Waals surface area contributed by atoms with Gasteiger partial charge >= 0.3 is 0 Å². The Morgan fingerprint density at radius 1 is 1.64 bits per heavy atom. The molecular formula is C10H17N3O. The van der Waals surface area contributed by atoms with Crippen molar-refractivity contribution in [2.24, 2.45) is 0 Å². The fraction of sp³-hybridized carbons (Fsp3) is 0.700. The van der Waals surface area contributed by atoms with Gasteiger partial charge in [-0.3, -0.25) is 4.68 Å². The number of nitrogens with zero attached hydrogens (tertiary/aromatic N) is 2. The average molecular weight is 195 g/mol. The van der Waals surface area contributed by atoms with Crippen LogP contribution in [0.5, 0.6) is 0 Å². The second-order valence-electron chi connectivity index (χ2n) is 4.21. The van der Waals surface area contributed by atoms with E-state index in [4.69, 9.17) is 0 Å². The van der Waals surface area contributed by atoms with Crippen molar-refractivity contribution < 1.29 is 5.11 Å². The minimum atomic E-state index is -0.721. The molecule has 78 valence electrons. The maximum absolute atomic E-state index is 10.4. The van der Waals surface area contributed by atoms with Gasteiger partial charge in [0.25, 0.3) is 0 Å². The highest BCUT2D eigenvalue weighted by Crippen LogP contribution is 2.28. The molecule has 1 fully saturated rings. The molecule has 14 heavy (non-hydrogen) atoms. The van der Waals surface area contributed by atoms with Crippen molar-refractivity contribution >= 4 is 0 Å². The summed E-state index contributed by atoms with van der Waals surface area (Å²) in [5.74, 6) is 0. The monoisotopic (exact) mass is 195 g/mol. The largest absolute Gasteiger partial charge is 0.382 e. The summed E-state index contributed by atoms with van der Waals surface area (Å²) in [5, 5.41) is 17.8. The van der Waals surface area contributed by atoms with Crippen molar-refractivity contribution in [3.63, 3.8) is 0 Å². The molecule has 0 aliphatic carbocycles. The molecule has 1 aromatic heterocycles. The highest BCUT2D eigenvalue weighted by Gasteiger charge is 2.36. The second-order valence-corrected chi connectivity index (χ2v) is 4.21. The number of rotatable bonds is 2. The van der Waals surface area contributed by atoms with E-state index in [9.17, 15) is 5.11 Å². The minimum Gasteiger partial charge on any atom is -0.382 e. The van der Waals surface area contributed by atoms with Crippen LogP contribution in [-0.2, 0) is 5.60 Å². The zero-order valence-corrected chi connectivity index (χ0v) is 8.70. The third-order valence-corrected chi connectivity index (χ3v) is 2.77. The predicted octanol–water partition coefficient (Wildman–Crippen LogP) is 0.645. The lowest BCUT2D eigenvalue weighted by Crippen LogP contribution is -2.31. The van der Waals surface area contributed by atoms with E-state index in [2.05, 4.69) is 24.3 Å². The standard InChI is InChI=1S/C10H17N3O/c1-8(2)13-9(3-5-12-13)10(14)4-6-11-7-10/h3,5,8,11,14H,4,6-7H2,1-2H3. The smallest absolute Gasteiger partial charge is 0.120 e. The first-order valence-corrected chi connectivity index (χ1v) is 5.10. The Balaban J connectivity index is 2.35. The molecule has 1 aliphatic rings. The zero-order valence-electron chi connectivity index (χ0n) is 8.70. The molecule has 1 saturated heterocycles. The molecule has 1 unspecified atom stereocenters. The van der Waals surface area contributed by atoms with Crippen molar-refractivity contribution in [2.75, 3.05) is 13.1 Å². The Labute approximate surface area is 83.9 Å². The molecule has 2 rings (SSSR count). The van der Waals surface area contributed by atoms with Gasteiger partial charge in [-0.15, -0.1) is 0 Å². The van der Waals surface area contributed by atoms with Gasteiger partial charge < -0.3 is 10.4 Å². The molecule has 0 bridgehead atoms. The van der Waals surface area contributed by atoms with Gasteiger partial charge in [0, 0.05) is 18.8 Å². The van der Waals surface area contributed by atoms with Gasteiger partial charge in [-0.1, -0.05) is 0 Å². The van der Waals surface area contributed by atoms with Crippen LogP contribution >= 0.6 is 0 Å². The van der Waals surface area contributed by atoms with Crippen LogP contribution in [0.2, 0.25) is 0 Å². The van der Waals surface area contributed by atoms with E-state index in [1.807, 2.05) is 10.7 Å². The molecule has 1 aliphatic heterocycles. The van der Waals surface area contributed by atoms with Gasteiger partial charge in [0.1, 0.15) is 5.60 Å². The van der Waals surface area contributed by atoms with E-state index in [0.29, 0.717) is 12.6 Å². The third-order valence-electron chi connectivity index (χ3n) is 2.77. The summed E-state index contributed by atoms with van der Waals surface area (Å²) in [5.41, 5.74) is 0.207. The molecule has 1 aromatic rings. The van der Waals surface area contributed by atoms with Crippen LogP contribution in [0.1, 0.15) is 32.0 Å². The number of aromatic nitrogens is 2. The summed E-state index contributed by atoms with van der Waals surface area (Å²) in [6.45, 7) is 5.65. The van der Waals surface area contributed by atoms with Gasteiger partial charge in [-0.2, -0.15) is 5.10 Å². The topological polar surface area (TPSA) is 50.1 Å². The average Bonchev–Trinajstić information content (AvgIpc) is 2.71. The summed E-state index contributed by atoms with van der Waals surface area (Å²) < 4.78 is 1.90. The molecule has 0 aromatic carbocycles. The van der Waals surface area contributed by atoms with Crippen LogP contribution in [-0.4, -0.2) is 28.0 Å². The molecule has 1 atom stereocenters.